The lowest BCUT2D eigenvalue weighted by Gasteiger charge is -2.35. The van der Waals surface area contributed by atoms with Crippen LogP contribution in [0.1, 0.15) is 174 Å². The van der Waals surface area contributed by atoms with Crippen LogP contribution < -0.4 is 43.2 Å². The van der Waals surface area contributed by atoms with Crippen LogP contribution in [0.4, 0.5) is 19.7 Å². The number of alkyl carbamates (subject to hydrolysis) is 1. The van der Waals surface area contributed by atoms with Crippen molar-refractivity contribution >= 4 is 63.9 Å². The molecular formula is C75H101FN12O18. The zero-order valence-corrected chi connectivity index (χ0v) is 61.4. The Hall–Kier alpha value is -9.11. The molecule has 5 heterocycles. The number of nitrogens with two attached hydrogens (primary N) is 1. The predicted molar refractivity (Wildman–Crippen MR) is 385 cm³/mol. The summed E-state index contributed by atoms with van der Waals surface area (Å²) in [5.41, 5.74) is 10.7. The van der Waals surface area contributed by atoms with E-state index < -0.39 is 71.7 Å². The predicted octanol–water partition coefficient (Wildman–Crippen LogP) is 6.24. The second-order valence-corrected chi connectivity index (χ2v) is 27.6. The number of halogens is 1. The maximum Gasteiger partial charge on any atom is 0.407 e. The molecule has 0 spiro atoms. The molecule has 3 aromatic heterocycles. The van der Waals surface area contributed by atoms with Crippen molar-refractivity contribution in [3.05, 3.63) is 115 Å². The summed E-state index contributed by atoms with van der Waals surface area (Å²) in [6.07, 6.45) is 4.89. The highest BCUT2D eigenvalue weighted by Gasteiger charge is 2.43. The number of aromatic nitrogens is 5. The number of aliphatic hydroxyl groups is 1. The molecule has 4 aliphatic rings. The third-order valence-electron chi connectivity index (χ3n) is 19.4. The molecule has 5 aromatic rings. The smallest absolute Gasteiger partial charge is 0.407 e. The molecule has 106 heavy (non-hydrogen) atoms. The molecule has 9 N–H and O–H groups in total. The number of urea groups is 1. The zero-order valence-electron chi connectivity index (χ0n) is 61.4. The summed E-state index contributed by atoms with van der Waals surface area (Å²) >= 11 is 0. The number of ketones is 2. The number of pyridine rings is 2. The van der Waals surface area contributed by atoms with E-state index in [1.807, 2.05) is 4.68 Å². The van der Waals surface area contributed by atoms with Gasteiger partial charge in [-0.05, 0) is 119 Å². The van der Waals surface area contributed by atoms with Crippen molar-refractivity contribution in [2.24, 2.45) is 17.6 Å². The maximum atomic E-state index is 15.4. The van der Waals surface area contributed by atoms with Gasteiger partial charge in [0.25, 0.3) is 5.56 Å². The lowest BCUT2D eigenvalue weighted by molar-refractivity contribution is -0.131. The zero-order chi connectivity index (χ0) is 76.0. The second-order valence-electron chi connectivity index (χ2n) is 27.6. The molecule has 576 valence electrons. The van der Waals surface area contributed by atoms with Crippen LogP contribution in [0.25, 0.3) is 22.3 Å². The molecule has 0 radical (unpaired) electrons. The summed E-state index contributed by atoms with van der Waals surface area (Å²) in [5.74, 6) is -3.84. The Morgan fingerprint density at radius 2 is 1.53 bits per heavy atom. The highest BCUT2D eigenvalue weighted by molar-refractivity contribution is 5.98. The number of Topliss-reactive ketones (excluding diaryl/α,β-unsaturated/α-hetero) is 2. The topological polar surface area (TPSA) is 394 Å². The first kappa shape index (κ1) is 81.0. The average Bonchev–Trinajstić information content (AvgIpc) is 1.53. The number of amides is 7. The van der Waals surface area contributed by atoms with Gasteiger partial charge in [-0.2, -0.15) is 0 Å². The number of anilines is 1. The summed E-state index contributed by atoms with van der Waals surface area (Å²) in [7, 11) is 0. The lowest BCUT2D eigenvalue weighted by atomic mass is 9.81. The minimum Gasteiger partial charge on any atom is -0.490 e. The van der Waals surface area contributed by atoms with Gasteiger partial charge in [-0.3, -0.25) is 33.6 Å². The van der Waals surface area contributed by atoms with Crippen molar-refractivity contribution in [2.75, 3.05) is 97.6 Å². The Kier molecular flexibility index (Phi) is 29.8. The van der Waals surface area contributed by atoms with Gasteiger partial charge >= 0.3 is 12.1 Å². The van der Waals surface area contributed by atoms with E-state index >= 15 is 4.39 Å². The molecule has 7 amide bonds. The standard InChI is InChI=1S/C75H101FN12O18/c1-8-75(98)47(7)104-41-54-55(75)36-60-69-53(39-87(60)72(54)95)67-57(21-20-52-46(6)56(76)37-58(83-69)66(52)67)82-65(93)42-103-26-22-51(89)38-80-74(97)106-40-48-16-18-50(19-17-48)81-71(94)49(13-12-24-79-73(77)96)35-61(90)68(44(2)3)84-63(91)23-27-99-29-31-101-33-34-102-32-30-100-28-25-78-64(92)43-105-62-15-11-9-10-14-59-70(62)85-86-88(59)45(4)5/h16-19,36-37,44-45,49,57,62,68,98H,7-15,20-35,38-43H2,1-6H3,(H,78,92)(H,80,97)(H,81,94)(H,82,93)(H,84,91)(H3,77,79,96)/t49-,57+,62?,68+,75-/m1/s1. The van der Waals surface area contributed by atoms with Gasteiger partial charge in [0.1, 0.15) is 55.4 Å². The van der Waals surface area contributed by atoms with E-state index in [9.17, 15) is 48.3 Å². The Labute approximate surface area is 614 Å². The number of primary amides is 1. The monoisotopic (exact) mass is 1480 g/mol. The fraction of sp³-hybridized carbons (Fsp3) is 0.573. The van der Waals surface area contributed by atoms with E-state index in [-0.39, 0.29) is 139 Å². The minimum absolute atomic E-state index is 0.0299. The van der Waals surface area contributed by atoms with Gasteiger partial charge in [-0.25, -0.2) is 23.6 Å². The number of carbonyl (C=O) groups is 8. The Morgan fingerprint density at radius 3 is 2.24 bits per heavy atom. The molecule has 2 aromatic carbocycles. The van der Waals surface area contributed by atoms with E-state index in [0.29, 0.717) is 115 Å². The van der Waals surface area contributed by atoms with Crippen LogP contribution in [0, 0.1) is 24.6 Å². The van der Waals surface area contributed by atoms with Crippen LogP contribution in [-0.2, 0) is 105 Å². The Bertz CT molecular complexity index is 4030. The summed E-state index contributed by atoms with van der Waals surface area (Å²) < 4.78 is 63.9. The third kappa shape index (κ3) is 21.4. The number of hydrogen-bond acceptors (Lipinski definition) is 21. The number of nitrogens with zero attached hydrogens (tertiary/aromatic N) is 5. The summed E-state index contributed by atoms with van der Waals surface area (Å²) in [4.78, 5) is 123. The van der Waals surface area contributed by atoms with Gasteiger partial charge < -0.3 is 85.2 Å². The first-order chi connectivity index (χ1) is 50.9. The summed E-state index contributed by atoms with van der Waals surface area (Å²) in [5, 5.41) is 37.5. The summed E-state index contributed by atoms with van der Waals surface area (Å²) in [6, 6.07) is 7.48. The largest absolute Gasteiger partial charge is 0.490 e. The second kappa shape index (κ2) is 38.9. The number of benzene rings is 2. The van der Waals surface area contributed by atoms with Crippen molar-refractivity contribution in [2.45, 2.75) is 175 Å². The molecule has 9 rings (SSSR count). The fourth-order valence-corrected chi connectivity index (χ4v) is 13.7. The molecule has 0 fully saturated rings. The number of carbonyl (C=O) groups excluding carboxylic acids is 8. The van der Waals surface area contributed by atoms with Crippen LogP contribution >= 0.6 is 0 Å². The number of fused-ring (bicyclic) bond motifs is 6. The van der Waals surface area contributed by atoms with Gasteiger partial charge in [-0.1, -0.05) is 57.5 Å². The highest BCUT2D eigenvalue weighted by atomic mass is 19.1. The van der Waals surface area contributed by atoms with E-state index in [1.165, 1.54) is 6.07 Å². The molecule has 2 aliphatic carbocycles. The molecule has 2 aliphatic heterocycles. The van der Waals surface area contributed by atoms with Crippen molar-refractivity contribution in [3.63, 3.8) is 0 Å². The van der Waals surface area contributed by atoms with Crippen LogP contribution in [0.2, 0.25) is 0 Å². The van der Waals surface area contributed by atoms with Crippen molar-refractivity contribution in [3.8, 4) is 11.4 Å². The SMILES string of the molecule is C=C1OCc2c(cc3n(c2=O)Cc2c-3nc3cc(F)c(C)c4c3c2[C@@H](NC(=O)COCCC(=O)CNC(=O)OCc2ccc(NC(=O)[C@H](CCCNC(N)=O)CC(=O)[C@@H](NC(=O)CCOCCOCCOCCOCCNC(=O)COC3CCCCCc5c3nnn5C(C)C)C(C)C)cc2)CC4)[C@@]1(O)CC. The van der Waals surface area contributed by atoms with Gasteiger partial charge in [0, 0.05) is 72.6 Å². The van der Waals surface area contributed by atoms with Crippen LogP contribution in [0.3, 0.4) is 0 Å². The van der Waals surface area contributed by atoms with Gasteiger partial charge in [0.05, 0.1) is 113 Å². The number of rotatable bonds is 41. The molecule has 0 saturated heterocycles. The Balaban J connectivity index is 0.626. The summed E-state index contributed by atoms with van der Waals surface area (Å²) in [6.45, 7) is 16.6. The molecule has 1 unspecified atom stereocenters. The van der Waals surface area contributed by atoms with Crippen LogP contribution in [0.15, 0.2) is 53.5 Å². The maximum absolute atomic E-state index is 15.4. The van der Waals surface area contributed by atoms with E-state index in [1.54, 1.807) is 62.6 Å². The van der Waals surface area contributed by atoms with Crippen molar-refractivity contribution in [1.82, 2.24) is 51.1 Å². The molecule has 30 nitrogen and oxygen atoms in total. The highest BCUT2D eigenvalue weighted by Crippen LogP contribution is 2.47. The molecule has 0 saturated carbocycles. The third-order valence-corrected chi connectivity index (χ3v) is 19.4. The van der Waals surface area contributed by atoms with E-state index in [2.05, 4.69) is 62.6 Å². The quantitative estimate of drug-likeness (QED) is 0.0197. The van der Waals surface area contributed by atoms with Gasteiger partial charge in [-0.15, -0.1) is 5.10 Å². The van der Waals surface area contributed by atoms with Crippen LogP contribution in [0.5, 0.6) is 0 Å². The first-order valence-electron chi connectivity index (χ1n) is 36.6. The molecule has 0 bridgehead atoms. The van der Waals surface area contributed by atoms with Crippen molar-refractivity contribution in [1.29, 1.82) is 0 Å². The normalized spacial score (nSPS) is 17.0. The van der Waals surface area contributed by atoms with Crippen molar-refractivity contribution < 1.29 is 85.7 Å². The number of hydrogen-bond donors (Lipinski definition) is 8. The van der Waals surface area contributed by atoms with Gasteiger partial charge in [0.15, 0.2) is 11.6 Å². The minimum atomic E-state index is -1.61. The van der Waals surface area contributed by atoms with E-state index in [4.69, 9.17) is 48.6 Å². The fourth-order valence-electron chi connectivity index (χ4n) is 13.7. The average molecular weight is 1480 g/mol. The number of aryl methyl sites for hydroxylation is 1. The molecular weight excluding hydrogens is 1380 g/mol. The first-order valence-corrected chi connectivity index (χ1v) is 36.6. The Morgan fingerprint density at radius 1 is 0.811 bits per heavy atom. The van der Waals surface area contributed by atoms with Crippen LogP contribution in [-0.4, -0.2) is 175 Å². The molecule has 31 heteroatoms. The number of ether oxygens (including phenoxy) is 8. The van der Waals surface area contributed by atoms with E-state index in [0.717, 1.165) is 54.6 Å². The lowest BCUT2D eigenvalue weighted by Crippen LogP contribution is -2.45. The number of nitrogens with one attached hydrogen (secondary N) is 6. The van der Waals surface area contributed by atoms with Gasteiger partial charge in [0.2, 0.25) is 23.6 Å². The molecule has 5 atom stereocenters.